The van der Waals surface area contributed by atoms with E-state index >= 15 is 0 Å². The second kappa shape index (κ2) is 7.40. The maximum absolute atomic E-state index is 10.4. The molecule has 0 amide bonds. The smallest absolute Gasteiger partial charge is 0.0830 e. The lowest BCUT2D eigenvalue weighted by molar-refractivity contribution is 0.130. The Hall–Kier alpha value is -2.16. The third kappa shape index (κ3) is 3.98. The van der Waals surface area contributed by atoms with Crippen LogP contribution < -0.4 is 0 Å². The number of rotatable bonds is 4. The molecule has 3 rings (SSSR count). The lowest BCUT2D eigenvalue weighted by atomic mass is 9.94. The summed E-state index contributed by atoms with van der Waals surface area (Å²) in [6.45, 7) is 5.52. The second-order valence-electron chi connectivity index (χ2n) is 5.92. The van der Waals surface area contributed by atoms with Crippen molar-refractivity contribution in [3.8, 4) is 0 Å². The van der Waals surface area contributed by atoms with Crippen molar-refractivity contribution >= 4 is 5.57 Å². The number of allylic oxidation sites excluding steroid dienone is 1. The second-order valence-corrected chi connectivity index (χ2v) is 5.92. The van der Waals surface area contributed by atoms with Gasteiger partial charge in [0.2, 0.25) is 0 Å². The van der Waals surface area contributed by atoms with Crippen LogP contribution in [0.1, 0.15) is 35.6 Å². The fourth-order valence-corrected chi connectivity index (χ4v) is 2.95. The van der Waals surface area contributed by atoms with Crippen LogP contribution in [0.2, 0.25) is 0 Å². The summed E-state index contributed by atoms with van der Waals surface area (Å²) in [5.74, 6) is 0. The van der Waals surface area contributed by atoms with Crippen LogP contribution in [0.3, 0.4) is 0 Å². The van der Waals surface area contributed by atoms with Gasteiger partial charge in [0.1, 0.15) is 0 Å². The van der Waals surface area contributed by atoms with Crippen molar-refractivity contribution in [1.82, 2.24) is 0 Å². The van der Waals surface area contributed by atoms with E-state index in [0.717, 1.165) is 24.2 Å². The molecule has 1 N–H and O–H groups in total. The number of fused-ring (bicyclic) bond motifs is 1. The maximum atomic E-state index is 10.4. The van der Waals surface area contributed by atoms with Crippen LogP contribution in [0.4, 0.5) is 0 Å². The van der Waals surface area contributed by atoms with Crippen molar-refractivity contribution < 1.29 is 9.84 Å². The first-order valence-corrected chi connectivity index (χ1v) is 8.01. The van der Waals surface area contributed by atoms with E-state index in [2.05, 4.69) is 30.9 Å². The Labute approximate surface area is 137 Å². The molecule has 0 saturated heterocycles. The van der Waals surface area contributed by atoms with Gasteiger partial charge in [-0.2, -0.15) is 0 Å². The van der Waals surface area contributed by atoms with Gasteiger partial charge in [-0.1, -0.05) is 72.8 Å². The molecule has 2 nitrogen and oxygen atoms in total. The first-order chi connectivity index (χ1) is 11.2. The molecule has 0 fully saturated rings. The number of aliphatic hydroxyl groups excluding tert-OH is 1. The summed E-state index contributed by atoms with van der Waals surface area (Å²) in [5.41, 5.74) is 5.56. The van der Waals surface area contributed by atoms with Gasteiger partial charge in [-0.25, -0.2) is 0 Å². The minimum absolute atomic E-state index is 0.516. The predicted molar refractivity (Wildman–Crippen MR) is 93.9 cm³/mol. The molecular weight excluding hydrogens is 284 g/mol. The SMILES string of the molecule is C=C(/C=C1/CCOCc2ccccc21)CC(O)c1ccccc1. The molecule has 0 aliphatic carbocycles. The maximum Gasteiger partial charge on any atom is 0.0830 e. The number of ether oxygens (including phenoxy) is 1. The Balaban J connectivity index is 1.77. The molecule has 0 saturated carbocycles. The molecule has 2 aromatic rings. The number of hydrogen-bond donors (Lipinski definition) is 1. The van der Waals surface area contributed by atoms with E-state index in [4.69, 9.17) is 4.74 Å². The van der Waals surface area contributed by atoms with Crippen LogP contribution in [0.15, 0.2) is 72.8 Å². The zero-order valence-corrected chi connectivity index (χ0v) is 13.2. The van der Waals surface area contributed by atoms with E-state index in [1.807, 2.05) is 36.4 Å². The first kappa shape index (κ1) is 15.7. The molecule has 1 heterocycles. The van der Waals surface area contributed by atoms with Gasteiger partial charge < -0.3 is 9.84 Å². The van der Waals surface area contributed by atoms with Crippen molar-refractivity contribution in [1.29, 1.82) is 0 Å². The summed E-state index contributed by atoms with van der Waals surface area (Å²) >= 11 is 0. The highest BCUT2D eigenvalue weighted by atomic mass is 16.5. The normalized spacial score (nSPS) is 17.3. The monoisotopic (exact) mass is 306 g/mol. The molecule has 1 atom stereocenters. The molecule has 118 valence electrons. The van der Waals surface area contributed by atoms with Crippen LogP contribution in [0.25, 0.3) is 5.57 Å². The van der Waals surface area contributed by atoms with Crippen LogP contribution in [0, 0.1) is 0 Å². The fraction of sp³-hybridized carbons (Fsp3) is 0.238. The minimum atomic E-state index is -0.516. The Bertz CT molecular complexity index is 701. The molecule has 0 aromatic heterocycles. The van der Waals surface area contributed by atoms with E-state index in [1.54, 1.807) is 0 Å². The van der Waals surface area contributed by atoms with Gasteiger partial charge in [-0.05, 0) is 28.7 Å². The van der Waals surface area contributed by atoms with Crippen molar-refractivity contribution in [2.45, 2.75) is 25.6 Å². The van der Waals surface area contributed by atoms with Gasteiger partial charge in [0, 0.05) is 6.42 Å². The standard InChI is InChI=1S/C21H22O2/c1-16(14-21(22)17-7-3-2-4-8-17)13-18-11-12-23-15-19-9-5-6-10-20(18)19/h2-10,13,21-22H,1,11-12,14-15H2/b18-13-. The van der Waals surface area contributed by atoms with Gasteiger partial charge >= 0.3 is 0 Å². The van der Waals surface area contributed by atoms with Crippen molar-refractivity contribution in [2.75, 3.05) is 6.61 Å². The van der Waals surface area contributed by atoms with Crippen molar-refractivity contribution in [3.63, 3.8) is 0 Å². The molecule has 1 aliphatic heterocycles. The van der Waals surface area contributed by atoms with Gasteiger partial charge in [-0.15, -0.1) is 0 Å². The van der Waals surface area contributed by atoms with Crippen molar-refractivity contribution in [3.05, 3.63) is 89.5 Å². The van der Waals surface area contributed by atoms with Gasteiger partial charge in [0.15, 0.2) is 0 Å². The van der Waals surface area contributed by atoms with Crippen LogP contribution in [0.5, 0.6) is 0 Å². The van der Waals surface area contributed by atoms with Crippen LogP contribution in [-0.2, 0) is 11.3 Å². The average Bonchev–Trinajstić information content (AvgIpc) is 2.78. The largest absolute Gasteiger partial charge is 0.388 e. The zero-order valence-electron chi connectivity index (χ0n) is 13.2. The topological polar surface area (TPSA) is 29.5 Å². The molecule has 2 heteroatoms. The Kier molecular flexibility index (Phi) is 5.06. The fourth-order valence-electron chi connectivity index (χ4n) is 2.95. The highest BCUT2D eigenvalue weighted by molar-refractivity contribution is 5.71. The van der Waals surface area contributed by atoms with E-state index in [0.29, 0.717) is 13.0 Å². The van der Waals surface area contributed by atoms with Gasteiger partial charge in [0.25, 0.3) is 0 Å². The summed E-state index contributed by atoms with van der Waals surface area (Å²) < 4.78 is 5.66. The first-order valence-electron chi connectivity index (χ1n) is 8.01. The molecule has 1 unspecified atom stereocenters. The summed E-state index contributed by atoms with van der Waals surface area (Å²) in [7, 11) is 0. The van der Waals surface area contributed by atoms with Crippen LogP contribution >= 0.6 is 0 Å². The molecular formula is C21H22O2. The Morgan fingerprint density at radius 3 is 2.70 bits per heavy atom. The number of aliphatic hydroxyl groups is 1. The number of hydrogen-bond acceptors (Lipinski definition) is 2. The minimum Gasteiger partial charge on any atom is -0.388 e. The highest BCUT2D eigenvalue weighted by Crippen LogP contribution is 2.29. The van der Waals surface area contributed by atoms with E-state index < -0.39 is 6.10 Å². The van der Waals surface area contributed by atoms with Gasteiger partial charge in [0.05, 0.1) is 19.3 Å². The lowest BCUT2D eigenvalue weighted by Gasteiger charge is -2.13. The Morgan fingerprint density at radius 1 is 1.13 bits per heavy atom. The van der Waals surface area contributed by atoms with E-state index in [9.17, 15) is 5.11 Å². The molecule has 2 aromatic carbocycles. The van der Waals surface area contributed by atoms with Crippen molar-refractivity contribution in [2.24, 2.45) is 0 Å². The molecule has 23 heavy (non-hydrogen) atoms. The Morgan fingerprint density at radius 2 is 1.87 bits per heavy atom. The predicted octanol–water partition coefficient (Wildman–Crippen LogP) is 4.67. The zero-order chi connectivity index (χ0) is 16.1. The van der Waals surface area contributed by atoms with Gasteiger partial charge in [-0.3, -0.25) is 0 Å². The molecule has 0 bridgehead atoms. The lowest BCUT2D eigenvalue weighted by Crippen LogP contribution is -1.98. The summed E-state index contributed by atoms with van der Waals surface area (Å²) in [6.07, 6.45) is 3.01. The summed E-state index contributed by atoms with van der Waals surface area (Å²) in [5, 5.41) is 10.4. The summed E-state index contributed by atoms with van der Waals surface area (Å²) in [6, 6.07) is 18.1. The van der Waals surface area contributed by atoms with E-state index in [1.165, 1.54) is 16.7 Å². The number of benzene rings is 2. The quantitative estimate of drug-likeness (QED) is 0.889. The molecule has 0 radical (unpaired) electrons. The highest BCUT2D eigenvalue weighted by Gasteiger charge is 2.13. The molecule has 1 aliphatic rings. The molecule has 0 spiro atoms. The van der Waals surface area contributed by atoms with Crippen LogP contribution in [-0.4, -0.2) is 11.7 Å². The average molecular weight is 306 g/mol. The summed E-state index contributed by atoms with van der Waals surface area (Å²) in [4.78, 5) is 0. The van der Waals surface area contributed by atoms with E-state index in [-0.39, 0.29) is 0 Å². The third-order valence-corrected chi connectivity index (χ3v) is 4.15. The third-order valence-electron chi connectivity index (χ3n) is 4.15.